The van der Waals surface area contributed by atoms with E-state index >= 15 is 0 Å². The molecule has 6 heteroatoms. The number of nitrogens with one attached hydrogen (secondary N) is 2. The van der Waals surface area contributed by atoms with Gasteiger partial charge >= 0.3 is 0 Å². The van der Waals surface area contributed by atoms with Gasteiger partial charge in [-0.2, -0.15) is 0 Å². The summed E-state index contributed by atoms with van der Waals surface area (Å²) in [5, 5.41) is 2.04. The minimum atomic E-state index is -0.199. The molecular formula is C20H26FN3OS. The van der Waals surface area contributed by atoms with Gasteiger partial charge in [0.15, 0.2) is 0 Å². The number of hydrogen-bond donors (Lipinski definition) is 2. The summed E-state index contributed by atoms with van der Waals surface area (Å²) in [6.45, 7) is 0.770. The molecule has 2 atom stereocenters. The molecule has 26 heavy (non-hydrogen) atoms. The molecule has 2 N–H and O–H groups in total. The molecule has 1 aliphatic heterocycles. The highest BCUT2D eigenvalue weighted by molar-refractivity contribution is 7.09. The zero-order valence-electron chi connectivity index (χ0n) is 15.1. The summed E-state index contributed by atoms with van der Waals surface area (Å²) in [5.41, 5.74) is 7.52. The molecule has 2 unspecified atom stereocenters. The van der Waals surface area contributed by atoms with E-state index in [4.69, 9.17) is 0 Å². The molecule has 1 saturated heterocycles. The molecule has 4 nitrogen and oxygen atoms in total. The summed E-state index contributed by atoms with van der Waals surface area (Å²) < 4.78 is 13.4. The Morgan fingerprint density at radius 1 is 1.31 bits per heavy atom. The number of hydrazine groups is 1. The van der Waals surface area contributed by atoms with Gasteiger partial charge in [-0.1, -0.05) is 18.2 Å². The van der Waals surface area contributed by atoms with Crippen LogP contribution in [0, 0.1) is 5.82 Å². The van der Waals surface area contributed by atoms with Crippen molar-refractivity contribution >= 4 is 17.2 Å². The van der Waals surface area contributed by atoms with E-state index in [1.165, 1.54) is 10.9 Å². The van der Waals surface area contributed by atoms with Crippen molar-refractivity contribution in [3.63, 3.8) is 0 Å². The van der Waals surface area contributed by atoms with Crippen LogP contribution in [-0.4, -0.2) is 30.4 Å². The number of rotatable bonds is 8. The summed E-state index contributed by atoms with van der Waals surface area (Å²) in [4.78, 5) is 15.3. The number of hydrogen-bond acceptors (Lipinski definition) is 4. The molecule has 3 rings (SSSR count). The Labute approximate surface area is 158 Å². The molecule has 2 heterocycles. The summed E-state index contributed by atoms with van der Waals surface area (Å²) in [7, 11) is 1.88. The smallest absolute Gasteiger partial charge is 0.222 e. The Morgan fingerprint density at radius 2 is 2.19 bits per heavy atom. The number of amides is 1. The molecule has 1 amide bonds. The lowest BCUT2D eigenvalue weighted by Crippen LogP contribution is -2.32. The molecule has 0 radical (unpaired) electrons. The maximum atomic E-state index is 13.4. The van der Waals surface area contributed by atoms with Gasteiger partial charge in [-0.3, -0.25) is 15.6 Å². The summed E-state index contributed by atoms with van der Waals surface area (Å²) in [5.74, 6) is 0.00368. The first-order chi connectivity index (χ1) is 12.6. The molecule has 0 aliphatic carbocycles. The van der Waals surface area contributed by atoms with E-state index in [2.05, 4.69) is 16.9 Å². The topological polar surface area (TPSA) is 44.4 Å². The Balaban J connectivity index is 1.35. The Hall–Kier alpha value is -1.76. The molecule has 1 aromatic heterocycles. The second kappa shape index (κ2) is 9.26. The third-order valence-corrected chi connectivity index (χ3v) is 5.81. The summed E-state index contributed by atoms with van der Waals surface area (Å²) >= 11 is 1.70. The van der Waals surface area contributed by atoms with E-state index < -0.39 is 0 Å². The number of nitrogens with zero attached hydrogens (tertiary/aromatic N) is 1. The highest BCUT2D eigenvalue weighted by atomic mass is 32.1. The molecule has 2 aromatic rings. The van der Waals surface area contributed by atoms with Crippen molar-refractivity contribution in [2.45, 2.75) is 44.2 Å². The monoisotopic (exact) mass is 375 g/mol. The Kier molecular flexibility index (Phi) is 6.77. The van der Waals surface area contributed by atoms with Crippen molar-refractivity contribution < 1.29 is 9.18 Å². The van der Waals surface area contributed by atoms with E-state index in [0.717, 1.165) is 37.8 Å². The number of carbonyl (C=O) groups excluding carboxylic acids is 1. The summed E-state index contributed by atoms with van der Waals surface area (Å²) in [6, 6.07) is 11.3. The standard InChI is InChI=1S/C20H26FN3OS/c1-24(20(25)10-9-18-8-4-12-26-18)11-3-7-17-14-19(23-22-17)15-5-2-6-16(21)13-15/h2,4-6,8,12-13,17,19,22-23H,3,7,9-11,14H2,1H3. The van der Waals surface area contributed by atoms with Crippen LogP contribution in [0.3, 0.4) is 0 Å². The van der Waals surface area contributed by atoms with Crippen LogP contribution < -0.4 is 10.9 Å². The van der Waals surface area contributed by atoms with Crippen molar-refractivity contribution in [3.8, 4) is 0 Å². The van der Waals surface area contributed by atoms with Gasteiger partial charge in [-0.15, -0.1) is 11.3 Å². The van der Waals surface area contributed by atoms with E-state index in [9.17, 15) is 9.18 Å². The van der Waals surface area contributed by atoms with Crippen LogP contribution in [0.2, 0.25) is 0 Å². The van der Waals surface area contributed by atoms with Gasteiger partial charge in [0.1, 0.15) is 5.82 Å². The summed E-state index contributed by atoms with van der Waals surface area (Å²) in [6.07, 6.45) is 4.27. The lowest BCUT2D eigenvalue weighted by molar-refractivity contribution is -0.129. The first-order valence-corrected chi connectivity index (χ1v) is 10.0. The van der Waals surface area contributed by atoms with Crippen molar-refractivity contribution in [2.75, 3.05) is 13.6 Å². The zero-order valence-corrected chi connectivity index (χ0v) is 15.9. The molecule has 140 valence electrons. The van der Waals surface area contributed by atoms with Gasteiger partial charge in [-0.05, 0) is 54.8 Å². The number of aryl methyl sites for hydroxylation is 1. The van der Waals surface area contributed by atoms with Gasteiger partial charge < -0.3 is 4.90 Å². The Bertz CT molecular complexity index is 707. The highest BCUT2D eigenvalue weighted by Gasteiger charge is 2.25. The van der Waals surface area contributed by atoms with Crippen LogP contribution in [-0.2, 0) is 11.2 Å². The average molecular weight is 376 g/mol. The van der Waals surface area contributed by atoms with Crippen LogP contribution in [0.15, 0.2) is 41.8 Å². The minimum Gasteiger partial charge on any atom is -0.346 e. The van der Waals surface area contributed by atoms with Crippen LogP contribution in [0.5, 0.6) is 0 Å². The maximum absolute atomic E-state index is 13.4. The lowest BCUT2D eigenvalue weighted by Gasteiger charge is -2.18. The van der Waals surface area contributed by atoms with E-state index in [1.807, 2.05) is 29.5 Å². The van der Waals surface area contributed by atoms with Crippen molar-refractivity contribution in [1.82, 2.24) is 15.8 Å². The van der Waals surface area contributed by atoms with Crippen LogP contribution in [0.25, 0.3) is 0 Å². The van der Waals surface area contributed by atoms with Gasteiger partial charge in [0.05, 0.1) is 0 Å². The number of benzene rings is 1. The van der Waals surface area contributed by atoms with Crippen LogP contribution in [0.4, 0.5) is 4.39 Å². The SMILES string of the molecule is CN(CCCC1CC(c2cccc(F)c2)NN1)C(=O)CCc1cccs1. The molecule has 1 aromatic carbocycles. The van der Waals surface area contributed by atoms with Gasteiger partial charge in [-0.25, -0.2) is 4.39 Å². The quantitative estimate of drug-likeness (QED) is 0.740. The normalized spacial score (nSPS) is 19.6. The maximum Gasteiger partial charge on any atom is 0.222 e. The molecule has 0 bridgehead atoms. The van der Waals surface area contributed by atoms with Crippen LogP contribution >= 0.6 is 11.3 Å². The van der Waals surface area contributed by atoms with Gasteiger partial charge in [0, 0.05) is 37.0 Å². The second-order valence-corrected chi connectivity index (χ2v) is 7.90. The largest absolute Gasteiger partial charge is 0.346 e. The molecular weight excluding hydrogens is 349 g/mol. The Morgan fingerprint density at radius 3 is 2.96 bits per heavy atom. The van der Waals surface area contributed by atoms with Crippen molar-refractivity contribution in [2.24, 2.45) is 0 Å². The van der Waals surface area contributed by atoms with E-state index in [-0.39, 0.29) is 17.8 Å². The molecule has 1 fully saturated rings. The zero-order chi connectivity index (χ0) is 18.4. The number of halogens is 1. The fraction of sp³-hybridized carbons (Fsp3) is 0.450. The van der Waals surface area contributed by atoms with Gasteiger partial charge in [0.2, 0.25) is 5.91 Å². The molecule has 0 spiro atoms. The molecule has 1 aliphatic rings. The van der Waals surface area contributed by atoms with Crippen molar-refractivity contribution in [1.29, 1.82) is 0 Å². The first-order valence-electron chi connectivity index (χ1n) is 9.14. The number of carbonyl (C=O) groups is 1. The third kappa shape index (κ3) is 5.37. The second-order valence-electron chi connectivity index (χ2n) is 6.87. The first kappa shape index (κ1) is 19.0. The van der Waals surface area contributed by atoms with E-state index in [1.54, 1.807) is 23.5 Å². The fourth-order valence-corrected chi connectivity index (χ4v) is 4.04. The number of thiophene rings is 1. The third-order valence-electron chi connectivity index (χ3n) is 4.87. The molecule has 0 saturated carbocycles. The fourth-order valence-electron chi connectivity index (χ4n) is 3.33. The van der Waals surface area contributed by atoms with Gasteiger partial charge in [0.25, 0.3) is 0 Å². The predicted molar refractivity (Wildman–Crippen MR) is 103 cm³/mol. The lowest BCUT2D eigenvalue weighted by atomic mass is 9.99. The average Bonchev–Trinajstić information content (AvgIpc) is 3.31. The van der Waals surface area contributed by atoms with Crippen LogP contribution in [0.1, 0.15) is 42.2 Å². The highest BCUT2D eigenvalue weighted by Crippen LogP contribution is 2.24. The minimum absolute atomic E-state index is 0.140. The van der Waals surface area contributed by atoms with E-state index in [0.29, 0.717) is 12.5 Å². The van der Waals surface area contributed by atoms with Crippen molar-refractivity contribution in [3.05, 3.63) is 58.0 Å². The predicted octanol–water partition coefficient (Wildman–Crippen LogP) is 3.67.